The van der Waals surface area contributed by atoms with E-state index in [0.29, 0.717) is 23.0 Å². The fourth-order valence-corrected chi connectivity index (χ4v) is 6.52. The second kappa shape index (κ2) is 12.7. The summed E-state index contributed by atoms with van der Waals surface area (Å²) in [5, 5.41) is 3.88. The Morgan fingerprint density at radius 2 is 0.800 bits per heavy atom. The Hall–Kier alpha value is -6.71. The summed E-state index contributed by atoms with van der Waals surface area (Å²) < 4.78 is 41.9. The van der Waals surface area contributed by atoms with Crippen molar-refractivity contribution in [2.75, 3.05) is 0 Å². The molecule has 0 radical (unpaired) electrons. The molecular weight excluding hydrogens is 607 g/mol. The van der Waals surface area contributed by atoms with Gasteiger partial charge in [-0.3, -0.25) is 0 Å². The third-order valence-electron chi connectivity index (χ3n) is 9.00. The zero-order valence-electron chi connectivity index (χ0n) is 31.9. The van der Waals surface area contributed by atoms with E-state index >= 15 is 0 Å². The van der Waals surface area contributed by atoms with Gasteiger partial charge in [-0.15, -0.1) is 0 Å². The maximum Gasteiger partial charge on any atom is 0.164 e. The molecule has 9 rings (SSSR count). The molecule has 0 saturated carbocycles. The van der Waals surface area contributed by atoms with Crippen molar-refractivity contribution in [3.05, 3.63) is 188 Å². The summed E-state index contributed by atoms with van der Waals surface area (Å²) in [7, 11) is 0. The highest BCUT2D eigenvalue weighted by molar-refractivity contribution is 6.05. The summed E-state index contributed by atoms with van der Waals surface area (Å²) in [6, 6.07) is 51.1. The standard InChI is InChI=1S/C47H31N3/c1-4-13-32(14-5-1)35-23-24-37-30-40(26-25-36(37)29-35)47-49-45(34-17-8-3-9-18-34)48-46(50-47)39-20-12-19-38(31-39)42-28-27-41(33-15-6-2-7-16-33)43-21-10-11-22-44(42)43/h1-31H/i2D,6D,7D,15D,16D. The van der Waals surface area contributed by atoms with E-state index in [9.17, 15) is 0 Å². The third kappa shape index (κ3) is 5.61. The molecule has 8 aromatic carbocycles. The lowest BCUT2D eigenvalue weighted by molar-refractivity contribution is 1.07. The first-order chi connectivity index (χ1) is 26.8. The van der Waals surface area contributed by atoms with Gasteiger partial charge in [-0.25, -0.2) is 15.0 Å². The van der Waals surface area contributed by atoms with Gasteiger partial charge in [0.15, 0.2) is 17.5 Å². The normalized spacial score (nSPS) is 12.6. The zero-order valence-corrected chi connectivity index (χ0v) is 26.9. The summed E-state index contributed by atoms with van der Waals surface area (Å²) in [5.41, 5.74) is 7.50. The SMILES string of the molecule is [2H]c1c([2H])c([2H])c(-c2ccc(-c3cccc(-c4nc(-c5ccccc5)nc(-c5ccc6cc(-c7ccccc7)ccc6c5)n4)c3)c3ccccc23)c([2H])c1[2H]. The molecule has 0 aliphatic rings. The Morgan fingerprint density at radius 3 is 1.46 bits per heavy atom. The zero-order chi connectivity index (χ0) is 37.6. The van der Waals surface area contributed by atoms with Gasteiger partial charge in [0.2, 0.25) is 0 Å². The van der Waals surface area contributed by atoms with Gasteiger partial charge in [0.25, 0.3) is 0 Å². The molecule has 1 heterocycles. The lowest BCUT2D eigenvalue weighted by Gasteiger charge is -2.13. The van der Waals surface area contributed by atoms with E-state index in [1.165, 1.54) is 5.56 Å². The van der Waals surface area contributed by atoms with Gasteiger partial charge in [-0.2, -0.15) is 0 Å². The number of nitrogens with zero attached hydrogens (tertiary/aromatic N) is 3. The van der Waals surface area contributed by atoms with Crippen LogP contribution in [0.15, 0.2) is 188 Å². The van der Waals surface area contributed by atoms with Crippen molar-refractivity contribution in [1.29, 1.82) is 0 Å². The van der Waals surface area contributed by atoms with Crippen molar-refractivity contribution < 1.29 is 6.85 Å². The average molecular weight is 643 g/mol. The Bertz CT molecular complexity index is 2900. The van der Waals surface area contributed by atoms with Crippen LogP contribution in [0.4, 0.5) is 0 Å². The minimum Gasteiger partial charge on any atom is -0.208 e. The molecule has 0 aliphatic heterocycles. The third-order valence-corrected chi connectivity index (χ3v) is 9.00. The summed E-state index contributed by atoms with van der Waals surface area (Å²) >= 11 is 0. The second-order valence-electron chi connectivity index (χ2n) is 12.1. The van der Waals surface area contributed by atoms with Crippen molar-refractivity contribution >= 4 is 21.5 Å². The maximum atomic E-state index is 8.64. The average Bonchev–Trinajstić information content (AvgIpc) is 3.25. The predicted octanol–water partition coefficient (Wildman–Crippen LogP) is 12.2. The van der Waals surface area contributed by atoms with Gasteiger partial charge < -0.3 is 0 Å². The van der Waals surface area contributed by atoms with Crippen LogP contribution in [0.3, 0.4) is 0 Å². The Labute approximate surface area is 298 Å². The molecular formula is C47H31N3. The van der Waals surface area contributed by atoms with Crippen molar-refractivity contribution in [3.63, 3.8) is 0 Å². The van der Waals surface area contributed by atoms with Crippen LogP contribution >= 0.6 is 0 Å². The van der Waals surface area contributed by atoms with Crippen LogP contribution in [0, 0.1) is 0 Å². The molecule has 234 valence electrons. The van der Waals surface area contributed by atoms with Gasteiger partial charge >= 0.3 is 0 Å². The van der Waals surface area contributed by atoms with E-state index in [1.54, 1.807) is 0 Å². The summed E-state index contributed by atoms with van der Waals surface area (Å²) in [5.74, 6) is 1.67. The first-order valence-electron chi connectivity index (χ1n) is 18.9. The van der Waals surface area contributed by atoms with Crippen LogP contribution in [0.25, 0.3) is 89.1 Å². The Kier molecular flexibility index (Phi) is 6.22. The van der Waals surface area contributed by atoms with E-state index < -0.39 is 6.04 Å². The van der Waals surface area contributed by atoms with Gasteiger partial charge in [0, 0.05) is 16.7 Å². The number of fused-ring (bicyclic) bond motifs is 2. The Morgan fingerprint density at radius 1 is 0.320 bits per heavy atom. The molecule has 9 aromatic rings. The molecule has 0 unspecified atom stereocenters. The minimum atomic E-state index is -0.411. The van der Waals surface area contributed by atoms with Gasteiger partial charge in [0.1, 0.15) is 0 Å². The molecule has 3 heteroatoms. The monoisotopic (exact) mass is 642 g/mol. The van der Waals surface area contributed by atoms with Gasteiger partial charge in [-0.1, -0.05) is 170 Å². The molecule has 0 bridgehead atoms. The van der Waals surface area contributed by atoms with Crippen molar-refractivity contribution in [2.45, 2.75) is 0 Å². The molecule has 0 spiro atoms. The highest BCUT2D eigenvalue weighted by atomic mass is 15.0. The van der Waals surface area contributed by atoms with Crippen LogP contribution in [0.5, 0.6) is 0 Å². The lowest BCUT2D eigenvalue weighted by atomic mass is 9.91. The van der Waals surface area contributed by atoms with Crippen LogP contribution < -0.4 is 0 Å². The molecule has 3 nitrogen and oxygen atoms in total. The van der Waals surface area contributed by atoms with E-state index in [-0.39, 0.29) is 29.7 Å². The summed E-state index contributed by atoms with van der Waals surface area (Å²) in [6.45, 7) is 0. The number of aromatic nitrogens is 3. The van der Waals surface area contributed by atoms with E-state index in [2.05, 4.69) is 54.6 Å². The first kappa shape index (κ1) is 24.4. The summed E-state index contributed by atoms with van der Waals surface area (Å²) in [6.07, 6.45) is 0. The fourth-order valence-electron chi connectivity index (χ4n) is 6.52. The number of hydrogen-bond acceptors (Lipinski definition) is 3. The number of rotatable bonds is 6. The summed E-state index contributed by atoms with van der Waals surface area (Å²) in [4.78, 5) is 15.0. The van der Waals surface area contributed by atoms with Crippen molar-refractivity contribution in [1.82, 2.24) is 15.0 Å². The van der Waals surface area contributed by atoms with Crippen molar-refractivity contribution in [3.8, 4) is 67.5 Å². The molecule has 0 aliphatic carbocycles. The highest BCUT2D eigenvalue weighted by Crippen LogP contribution is 2.37. The quantitative estimate of drug-likeness (QED) is 0.181. The molecule has 1 aromatic heterocycles. The highest BCUT2D eigenvalue weighted by Gasteiger charge is 2.15. The molecule has 50 heavy (non-hydrogen) atoms. The van der Waals surface area contributed by atoms with E-state index in [4.69, 9.17) is 21.8 Å². The van der Waals surface area contributed by atoms with Crippen LogP contribution in [0.2, 0.25) is 0 Å². The minimum absolute atomic E-state index is 0.180. The van der Waals surface area contributed by atoms with E-state index in [1.807, 2.05) is 103 Å². The number of benzene rings is 8. The molecule has 0 fully saturated rings. The largest absolute Gasteiger partial charge is 0.208 e. The second-order valence-corrected chi connectivity index (χ2v) is 12.1. The van der Waals surface area contributed by atoms with Crippen molar-refractivity contribution in [2.24, 2.45) is 0 Å². The Balaban J connectivity index is 1.16. The molecule has 0 amide bonds. The van der Waals surface area contributed by atoms with E-state index in [0.717, 1.165) is 54.9 Å². The maximum absolute atomic E-state index is 8.64. The molecule has 0 saturated heterocycles. The molecule has 0 N–H and O–H groups in total. The van der Waals surface area contributed by atoms with Gasteiger partial charge in [-0.05, 0) is 73.1 Å². The van der Waals surface area contributed by atoms with Crippen LogP contribution in [-0.2, 0) is 0 Å². The predicted molar refractivity (Wildman–Crippen MR) is 207 cm³/mol. The molecule has 0 atom stereocenters. The number of hydrogen-bond donors (Lipinski definition) is 0. The van der Waals surface area contributed by atoms with Crippen LogP contribution in [-0.4, -0.2) is 15.0 Å². The van der Waals surface area contributed by atoms with Crippen LogP contribution in [0.1, 0.15) is 6.85 Å². The van der Waals surface area contributed by atoms with Gasteiger partial charge in [0.05, 0.1) is 6.85 Å². The fraction of sp³-hybridized carbons (Fsp3) is 0. The first-order valence-corrected chi connectivity index (χ1v) is 16.4. The topological polar surface area (TPSA) is 38.7 Å². The lowest BCUT2D eigenvalue weighted by Crippen LogP contribution is -2.00. The smallest absolute Gasteiger partial charge is 0.164 e.